The van der Waals surface area contributed by atoms with E-state index < -0.39 is 15.8 Å². The highest BCUT2D eigenvalue weighted by Crippen LogP contribution is 2.35. The van der Waals surface area contributed by atoms with Crippen molar-refractivity contribution >= 4 is 15.7 Å². The monoisotopic (exact) mass is 400 g/mol. The molecule has 1 N–H and O–H groups in total. The van der Waals surface area contributed by atoms with Gasteiger partial charge in [-0.1, -0.05) is 18.2 Å². The molecule has 1 atom stereocenters. The van der Waals surface area contributed by atoms with Crippen LogP contribution in [0.25, 0.3) is 0 Å². The van der Waals surface area contributed by atoms with Crippen LogP contribution in [0, 0.1) is 12.7 Å². The molecule has 0 bridgehead atoms. The molecule has 0 saturated carbocycles. The van der Waals surface area contributed by atoms with Crippen LogP contribution in [-0.4, -0.2) is 21.5 Å². The van der Waals surface area contributed by atoms with E-state index in [0.717, 1.165) is 24.7 Å². The Morgan fingerprint density at radius 1 is 1.18 bits per heavy atom. The molecule has 0 unspecified atom stereocenters. The number of nitrogens with zero attached hydrogens (tertiary/aromatic N) is 1. The number of fused-ring (bicyclic) bond motifs is 1. The minimum absolute atomic E-state index is 0.0777. The first kappa shape index (κ1) is 18.7. The summed E-state index contributed by atoms with van der Waals surface area (Å²) < 4.78 is 47.3. The molecule has 1 aliphatic heterocycles. The fraction of sp³-hybridized carbons (Fsp3) is 0.238. The van der Waals surface area contributed by atoms with Gasteiger partial charge in [-0.05, 0) is 60.9 Å². The SMILES string of the molecule is Cc1cc(F)ccc1S(=O)(=O)NC[C@H](c1ccco1)N1CCc2ccccc21. The predicted molar refractivity (Wildman–Crippen MR) is 105 cm³/mol. The lowest BCUT2D eigenvalue weighted by Gasteiger charge is -2.29. The number of anilines is 1. The van der Waals surface area contributed by atoms with Crippen molar-refractivity contribution in [1.29, 1.82) is 0 Å². The van der Waals surface area contributed by atoms with Crippen LogP contribution in [0.3, 0.4) is 0 Å². The van der Waals surface area contributed by atoms with Gasteiger partial charge in [-0.15, -0.1) is 0 Å². The molecule has 0 radical (unpaired) electrons. The van der Waals surface area contributed by atoms with Gasteiger partial charge >= 0.3 is 0 Å². The fourth-order valence-corrected chi connectivity index (χ4v) is 4.98. The number of benzene rings is 2. The molecule has 0 fully saturated rings. The Labute approximate surface area is 163 Å². The molecule has 7 heteroatoms. The standard InChI is InChI=1S/C21H21FN2O3S/c1-15-13-17(22)8-9-21(15)28(25,26)23-14-19(20-7-4-12-27-20)24-11-10-16-5-2-3-6-18(16)24/h2-9,12-13,19,23H,10-11,14H2,1H3/t19-/m1/s1. The quantitative estimate of drug-likeness (QED) is 0.684. The number of para-hydroxylation sites is 1. The Balaban J connectivity index is 1.61. The van der Waals surface area contributed by atoms with Gasteiger partial charge in [0, 0.05) is 18.8 Å². The molecule has 1 aromatic heterocycles. The fourth-order valence-electron chi connectivity index (χ4n) is 3.71. The maximum atomic E-state index is 13.3. The first-order valence-corrected chi connectivity index (χ1v) is 10.6. The van der Waals surface area contributed by atoms with Gasteiger partial charge in [0.1, 0.15) is 17.6 Å². The Kier molecular flexibility index (Phi) is 4.95. The summed E-state index contributed by atoms with van der Waals surface area (Å²) in [6, 6.07) is 15.1. The molecule has 2 heterocycles. The Morgan fingerprint density at radius 3 is 2.75 bits per heavy atom. The van der Waals surface area contributed by atoms with Crippen LogP contribution in [0.5, 0.6) is 0 Å². The van der Waals surface area contributed by atoms with Gasteiger partial charge in [0.25, 0.3) is 0 Å². The second-order valence-corrected chi connectivity index (χ2v) is 8.60. The molecule has 5 nitrogen and oxygen atoms in total. The van der Waals surface area contributed by atoms with Crippen molar-refractivity contribution in [2.45, 2.75) is 24.3 Å². The lowest BCUT2D eigenvalue weighted by molar-refractivity contribution is 0.447. The van der Waals surface area contributed by atoms with Crippen molar-refractivity contribution in [2.75, 3.05) is 18.0 Å². The number of furan rings is 1. The largest absolute Gasteiger partial charge is 0.467 e. The van der Waals surface area contributed by atoms with E-state index in [1.807, 2.05) is 24.3 Å². The van der Waals surface area contributed by atoms with Crippen molar-refractivity contribution in [3.63, 3.8) is 0 Å². The van der Waals surface area contributed by atoms with Gasteiger partial charge in [0.2, 0.25) is 10.0 Å². The zero-order valence-corrected chi connectivity index (χ0v) is 16.2. The van der Waals surface area contributed by atoms with Gasteiger partial charge in [0.15, 0.2) is 0 Å². The highest BCUT2D eigenvalue weighted by atomic mass is 32.2. The maximum Gasteiger partial charge on any atom is 0.240 e. The van der Waals surface area contributed by atoms with Crippen molar-refractivity contribution < 1.29 is 17.2 Å². The molecular formula is C21H21FN2O3S. The van der Waals surface area contributed by atoms with Crippen LogP contribution in [0.15, 0.2) is 70.2 Å². The van der Waals surface area contributed by atoms with E-state index in [2.05, 4.69) is 15.7 Å². The van der Waals surface area contributed by atoms with E-state index in [4.69, 9.17) is 4.42 Å². The van der Waals surface area contributed by atoms with Crippen LogP contribution >= 0.6 is 0 Å². The summed E-state index contributed by atoms with van der Waals surface area (Å²) in [5.41, 5.74) is 2.69. The van der Waals surface area contributed by atoms with Crippen molar-refractivity contribution in [3.05, 3.63) is 83.6 Å². The number of hydrogen-bond donors (Lipinski definition) is 1. The summed E-state index contributed by atoms with van der Waals surface area (Å²) >= 11 is 0. The Bertz CT molecular complexity index is 1080. The minimum Gasteiger partial charge on any atom is -0.467 e. The Morgan fingerprint density at radius 2 is 2.00 bits per heavy atom. The van der Waals surface area contributed by atoms with E-state index in [1.54, 1.807) is 19.3 Å². The molecule has 0 spiro atoms. The summed E-state index contributed by atoms with van der Waals surface area (Å²) in [6.07, 6.45) is 2.49. The summed E-state index contributed by atoms with van der Waals surface area (Å²) in [4.78, 5) is 2.24. The van der Waals surface area contributed by atoms with E-state index in [0.29, 0.717) is 11.3 Å². The molecule has 3 aromatic rings. The van der Waals surface area contributed by atoms with Gasteiger partial charge in [-0.3, -0.25) is 0 Å². The second-order valence-electron chi connectivity index (χ2n) is 6.87. The van der Waals surface area contributed by atoms with Gasteiger partial charge in [-0.25, -0.2) is 17.5 Å². The zero-order chi connectivity index (χ0) is 19.7. The molecule has 0 saturated heterocycles. The number of rotatable bonds is 6. The third-order valence-corrected chi connectivity index (χ3v) is 6.65. The number of halogens is 1. The van der Waals surface area contributed by atoms with Crippen LogP contribution in [0.4, 0.5) is 10.1 Å². The maximum absolute atomic E-state index is 13.3. The summed E-state index contributed by atoms with van der Waals surface area (Å²) in [6.45, 7) is 2.50. The topological polar surface area (TPSA) is 62.6 Å². The van der Waals surface area contributed by atoms with Gasteiger partial charge in [0.05, 0.1) is 11.2 Å². The molecule has 28 heavy (non-hydrogen) atoms. The van der Waals surface area contributed by atoms with E-state index >= 15 is 0 Å². The highest BCUT2D eigenvalue weighted by molar-refractivity contribution is 7.89. The first-order chi connectivity index (χ1) is 13.5. The van der Waals surface area contributed by atoms with Crippen LogP contribution in [0.2, 0.25) is 0 Å². The summed E-state index contributed by atoms with van der Waals surface area (Å²) in [5.74, 6) is 0.230. The number of sulfonamides is 1. The minimum atomic E-state index is -3.79. The number of nitrogens with one attached hydrogen (secondary N) is 1. The molecule has 1 aliphatic rings. The number of hydrogen-bond acceptors (Lipinski definition) is 4. The van der Waals surface area contributed by atoms with Gasteiger partial charge in [-0.2, -0.15) is 0 Å². The Hall–Kier alpha value is -2.64. The van der Waals surface area contributed by atoms with Crippen LogP contribution in [0.1, 0.15) is 22.9 Å². The smallest absolute Gasteiger partial charge is 0.240 e. The summed E-state index contributed by atoms with van der Waals surface area (Å²) in [7, 11) is -3.79. The molecule has 4 rings (SSSR count). The average Bonchev–Trinajstić information content (AvgIpc) is 3.32. The average molecular weight is 400 g/mol. The van der Waals surface area contributed by atoms with Crippen LogP contribution < -0.4 is 9.62 Å². The van der Waals surface area contributed by atoms with Gasteiger partial charge < -0.3 is 9.32 Å². The zero-order valence-electron chi connectivity index (χ0n) is 15.4. The van der Waals surface area contributed by atoms with E-state index in [1.165, 1.54) is 17.7 Å². The van der Waals surface area contributed by atoms with E-state index in [-0.39, 0.29) is 17.5 Å². The molecule has 2 aromatic carbocycles. The normalized spacial score (nSPS) is 14.9. The molecular weight excluding hydrogens is 379 g/mol. The van der Waals surface area contributed by atoms with Crippen LogP contribution in [-0.2, 0) is 16.4 Å². The van der Waals surface area contributed by atoms with Crippen molar-refractivity contribution in [3.8, 4) is 0 Å². The lowest BCUT2D eigenvalue weighted by atomic mass is 10.1. The second kappa shape index (κ2) is 7.41. The molecule has 0 aliphatic carbocycles. The molecule has 0 amide bonds. The third kappa shape index (κ3) is 3.55. The third-order valence-electron chi connectivity index (χ3n) is 5.06. The van der Waals surface area contributed by atoms with Crippen molar-refractivity contribution in [1.82, 2.24) is 4.72 Å². The van der Waals surface area contributed by atoms with Crippen molar-refractivity contribution in [2.24, 2.45) is 0 Å². The predicted octanol–water partition coefficient (Wildman–Crippen LogP) is 3.81. The molecule has 146 valence electrons. The van der Waals surface area contributed by atoms with E-state index in [9.17, 15) is 12.8 Å². The lowest BCUT2D eigenvalue weighted by Crippen LogP contribution is -2.37. The summed E-state index contributed by atoms with van der Waals surface area (Å²) in [5, 5.41) is 0. The number of aryl methyl sites for hydroxylation is 1. The highest BCUT2D eigenvalue weighted by Gasteiger charge is 2.30. The first-order valence-electron chi connectivity index (χ1n) is 9.09.